The van der Waals surface area contributed by atoms with E-state index in [4.69, 9.17) is 0 Å². The standard InChI is InChI=1S/C14H20N4O2S/c1-14(2,10-7-8-10)17-21(19,20)13-12(15-3)16-11-6-4-5-9-18(11)13/h4-6,9-10,15,17H,7-8H2,1-3H3. The average molecular weight is 308 g/mol. The average Bonchev–Trinajstić information content (AvgIpc) is 3.18. The molecule has 0 unspecified atom stereocenters. The molecule has 1 aliphatic carbocycles. The van der Waals surface area contributed by atoms with Gasteiger partial charge in [-0.3, -0.25) is 4.40 Å². The lowest BCUT2D eigenvalue weighted by atomic mass is 10.0. The number of anilines is 1. The number of nitrogens with one attached hydrogen (secondary N) is 2. The van der Waals surface area contributed by atoms with Crippen molar-refractivity contribution in [3.05, 3.63) is 24.4 Å². The van der Waals surface area contributed by atoms with Gasteiger partial charge in [-0.05, 0) is 44.7 Å². The summed E-state index contributed by atoms with van der Waals surface area (Å²) in [5.74, 6) is 0.768. The molecule has 2 aromatic heterocycles. The van der Waals surface area contributed by atoms with Crippen molar-refractivity contribution >= 4 is 21.5 Å². The van der Waals surface area contributed by atoms with Crippen LogP contribution in [0.1, 0.15) is 26.7 Å². The number of hydrogen-bond donors (Lipinski definition) is 2. The Balaban J connectivity index is 2.09. The van der Waals surface area contributed by atoms with Gasteiger partial charge in [0.25, 0.3) is 10.0 Å². The number of pyridine rings is 1. The number of rotatable bonds is 5. The van der Waals surface area contributed by atoms with E-state index in [-0.39, 0.29) is 5.03 Å². The second-order valence-electron chi connectivity index (χ2n) is 6.05. The maximum atomic E-state index is 12.8. The van der Waals surface area contributed by atoms with Gasteiger partial charge in [-0.2, -0.15) is 0 Å². The second-order valence-corrected chi connectivity index (χ2v) is 7.64. The zero-order chi connectivity index (χ0) is 15.3. The van der Waals surface area contributed by atoms with E-state index in [0.29, 0.717) is 17.4 Å². The summed E-state index contributed by atoms with van der Waals surface area (Å²) < 4.78 is 30.1. The Morgan fingerprint density at radius 1 is 1.33 bits per heavy atom. The first kappa shape index (κ1) is 14.3. The maximum absolute atomic E-state index is 12.8. The molecule has 1 fully saturated rings. The van der Waals surface area contributed by atoms with Crippen LogP contribution in [0.15, 0.2) is 29.4 Å². The maximum Gasteiger partial charge on any atom is 0.260 e. The zero-order valence-electron chi connectivity index (χ0n) is 12.4. The fraction of sp³-hybridized carbons (Fsp3) is 0.500. The van der Waals surface area contributed by atoms with E-state index < -0.39 is 15.6 Å². The molecule has 0 aliphatic heterocycles. The molecular formula is C14H20N4O2S. The normalized spacial score (nSPS) is 16.3. The van der Waals surface area contributed by atoms with Crippen LogP contribution in [0.2, 0.25) is 0 Å². The van der Waals surface area contributed by atoms with Crippen LogP contribution in [0, 0.1) is 5.92 Å². The van der Waals surface area contributed by atoms with E-state index in [1.54, 1.807) is 29.8 Å². The topological polar surface area (TPSA) is 75.5 Å². The fourth-order valence-electron chi connectivity index (χ4n) is 2.68. The molecule has 2 heterocycles. The molecule has 3 rings (SSSR count). The summed E-state index contributed by atoms with van der Waals surface area (Å²) in [5, 5.41) is 3.03. The van der Waals surface area contributed by atoms with Crippen LogP contribution in [0.4, 0.5) is 5.82 Å². The third kappa shape index (κ3) is 2.51. The van der Waals surface area contributed by atoms with E-state index in [1.165, 1.54) is 0 Å². The van der Waals surface area contributed by atoms with E-state index in [0.717, 1.165) is 12.8 Å². The van der Waals surface area contributed by atoms with Gasteiger partial charge in [0.2, 0.25) is 0 Å². The molecule has 1 aliphatic rings. The Kier molecular flexibility index (Phi) is 3.22. The van der Waals surface area contributed by atoms with E-state index >= 15 is 0 Å². The Morgan fingerprint density at radius 2 is 2.05 bits per heavy atom. The van der Waals surface area contributed by atoms with Crippen molar-refractivity contribution in [2.75, 3.05) is 12.4 Å². The van der Waals surface area contributed by atoms with Crippen LogP contribution in [0.25, 0.3) is 5.65 Å². The summed E-state index contributed by atoms with van der Waals surface area (Å²) in [6.07, 6.45) is 3.85. The lowest BCUT2D eigenvalue weighted by molar-refractivity contribution is 0.400. The predicted octanol–water partition coefficient (Wildman–Crippen LogP) is 1.84. The van der Waals surface area contributed by atoms with Gasteiger partial charge < -0.3 is 5.32 Å². The molecular weight excluding hydrogens is 288 g/mol. The first-order valence-electron chi connectivity index (χ1n) is 7.04. The zero-order valence-corrected chi connectivity index (χ0v) is 13.2. The van der Waals surface area contributed by atoms with Gasteiger partial charge >= 0.3 is 0 Å². The highest BCUT2D eigenvalue weighted by Crippen LogP contribution is 2.40. The quantitative estimate of drug-likeness (QED) is 0.884. The van der Waals surface area contributed by atoms with Crippen LogP contribution in [0.5, 0.6) is 0 Å². The molecule has 114 valence electrons. The molecule has 0 aromatic carbocycles. The van der Waals surface area contributed by atoms with E-state index in [1.807, 2.05) is 19.9 Å². The number of fused-ring (bicyclic) bond motifs is 1. The van der Waals surface area contributed by atoms with Gasteiger partial charge in [0.15, 0.2) is 10.8 Å². The number of sulfonamides is 1. The highest BCUT2D eigenvalue weighted by atomic mass is 32.2. The largest absolute Gasteiger partial charge is 0.371 e. The molecule has 0 atom stereocenters. The molecule has 2 N–H and O–H groups in total. The Morgan fingerprint density at radius 3 is 2.67 bits per heavy atom. The summed E-state index contributed by atoms with van der Waals surface area (Å²) in [6, 6.07) is 5.41. The molecule has 2 aromatic rings. The van der Waals surface area contributed by atoms with Gasteiger partial charge in [-0.25, -0.2) is 18.1 Å². The predicted molar refractivity (Wildman–Crippen MR) is 81.9 cm³/mol. The smallest absolute Gasteiger partial charge is 0.260 e. The first-order valence-corrected chi connectivity index (χ1v) is 8.52. The van der Waals surface area contributed by atoms with Crippen LogP contribution in [-0.2, 0) is 10.0 Å². The molecule has 0 radical (unpaired) electrons. The molecule has 0 amide bonds. The highest BCUT2D eigenvalue weighted by Gasteiger charge is 2.41. The summed E-state index contributed by atoms with van der Waals surface area (Å²) in [4.78, 5) is 4.32. The van der Waals surface area contributed by atoms with Crippen molar-refractivity contribution in [2.24, 2.45) is 5.92 Å². The van der Waals surface area contributed by atoms with Crippen LogP contribution >= 0.6 is 0 Å². The SMILES string of the molecule is CNc1nc2ccccn2c1S(=O)(=O)NC(C)(C)C1CC1. The number of nitrogens with zero attached hydrogens (tertiary/aromatic N) is 2. The first-order chi connectivity index (χ1) is 9.85. The minimum Gasteiger partial charge on any atom is -0.371 e. The van der Waals surface area contributed by atoms with Gasteiger partial charge in [0, 0.05) is 18.8 Å². The van der Waals surface area contributed by atoms with Crippen molar-refractivity contribution in [1.82, 2.24) is 14.1 Å². The molecule has 21 heavy (non-hydrogen) atoms. The van der Waals surface area contributed by atoms with Crippen molar-refractivity contribution in [3.8, 4) is 0 Å². The second kappa shape index (κ2) is 4.71. The third-order valence-electron chi connectivity index (χ3n) is 3.97. The summed E-state index contributed by atoms with van der Waals surface area (Å²) in [5.41, 5.74) is 0.162. The van der Waals surface area contributed by atoms with Gasteiger partial charge in [0.1, 0.15) is 5.65 Å². The fourth-order valence-corrected chi connectivity index (χ4v) is 4.45. The summed E-state index contributed by atoms with van der Waals surface area (Å²) in [7, 11) is -1.99. The Hall–Kier alpha value is -1.60. The van der Waals surface area contributed by atoms with Gasteiger partial charge in [0.05, 0.1) is 0 Å². The van der Waals surface area contributed by atoms with Crippen molar-refractivity contribution < 1.29 is 8.42 Å². The Bertz CT molecular complexity index is 775. The highest BCUT2D eigenvalue weighted by molar-refractivity contribution is 7.89. The van der Waals surface area contributed by atoms with Crippen LogP contribution in [-0.4, -0.2) is 30.4 Å². The molecule has 0 saturated heterocycles. The van der Waals surface area contributed by atoms with Crippen LogP contribution in [0.3, 0.4) is 0 Å². The number of imidazole rings is 1. The van der Waals surface area contributed by atoms with Crippen molar-refractivity contribution in [2.45, 2.75) is 37.3 Å². The van der Waals surface area contributed by atoms with E-state index in [9.17, 15) is 8.42 Å². The molecule has 0 spiro atoms. The molecule has 6 nitrogen and oxygen atoms in total. The van der Waals surface area contributed by atoms with Crippen molar-refractivity contribution in [1.29, 1.82) is 0 Å². The Labute approximate surface area is 124 Å². The third-order valence-corrected chi connectivity index (χ3v) is 5.67. The summed E-state index contributed by atoms with van der Waals surface area (Å²) in [6.45, 7) is 3.87. The summed E-state index contributed by atoms with van der Waals surface area (Å²) >= 11 is 0. The number of aromatic nitrogens is 2. The van der Waals surface area contributed by atoms with E-state index in [2.05, 4.69) is 15.0 Å². The van der Waals surface area contributed by atoms with Gasteiger partial charge in [-0.1, -0.05) is 6.07 Å². The number of hydrogen-bond acceptors (Lipinski definition) is 4. The molecule has 7 heteroatoms. The van der Waals surface area contributed by atoms with Gasteiger partial charge in [-0.15, -0.1) is 0 Å². The van der Waals surface area contributed by atoms with Crippen LogP contribution < -0.4 is 10.0 Å². The lowest BCUT2D eigenvalue weighted by Gasteiger charge is -2.25. The molecule has 1 saturated carbocycles. The minimum atomic E-state index is -3.66. The minimum absolute atomic E-state index is 0.161. The molecule has 0 bridgehead atoms. The monoisotopic (exact) mass is 308 g/mol. The van der Waals surface area contributed by atoms with Crippen molar-refractivity contribution in [3.63, 3.8) is 0 Å². The lowest BCUT2D eigenvalue weighted by Crippen LogP contribution is -2.45.